The zero-order chi connectivity index (χ0) is 14.0. The normalized spacial score (nSPS) is 10.5. The van der Waals surface area contributed by atoms with Crippen LogP contribution in [0, 0.1) is 11.6 Å². The molecule has 0 spiro atoms. The van der Waals surface area contributed by atoms with Crippen LogP contribution in [-0.4, -0.2) is 22.8 Å². The van der Waals surface area contributed by atoms with Gasteiger partial charge in [-0.1, -0.05) is 0 Å². The number of hydrogen-bond donors (Lipinski definition) is 1. The second-order valence-corrected chi connectivity index (χ2v) is 4.71. The number of carbonyl (C=O) groups is 1. The first-order valence-electron chi connectivity index (χ1n) is 5.36. The van der Waals surface area contributed by atoms with Gasteiger partial charge in [-0.3, -0.25) is 4.79 Å². The number of nitrogens with two attached hydrogens (primary N) is 1. The average Bonchev–Trinajstić information content (AvgIpc) is 2.85. The zero-order valence-corrected chi connectivity index (χ0v) is 10.9. The van der Waals surface area contributed by atoms with Crippen LogP contribution in [0.1, 0.15) is 16.1 Å². The van der Waals surface area contributed by atoms with E-state index < -0.39 is 17.5 Å². The number of rotatable bonds is 3. The van der Waals surface area contributed by atoms with E-state index in [-0.39, 0.29) is 17.8 Å². The van der Waals surface area contributed by atoms with Crippen LogP contribution in [0.15, 0.2) is 23.0 Å². The minimum atomic E-state index is -1.10. The zero-order valence-electron chi connectivity index (χ0n) is 10.1. The minimum Gasteiger partial charge on any atom is -0.398 e. The third-order valence-corrected chi connectivity index (χ3v) is 3.19. The van der Waals surface area contributed by atoms with Crippen LogP contribution >= 0.6 is 11.3 Å². The molecule has 2 N–H and O–H groups in total. The smallest absolute Gasteiger partial charge is 0.256 e. The molecule has 1 heterocycles. The number of thiazole rings is 1. The van der Waals surface area contributed by atoms with E-state index in [0.717, 1.165) is 17.8 Å². The van der Waals surface area contributed by atoms with Gasteiger partial charge in [0, 0.05) is 24.2 Å². The standard InChI is InChI=1S/C12H11F2N3OS/c1-17(4-7-5-19-6-16-7)12(18)8-2-9(13)10(14)3-11(8)15/h2-3,5-6H,4,15H2,1H3. The van der Waals surface area contributed by atoms with Crippen LogP contribution < -0.4 is 5.73 Å². The number of aromatic nitrogens is 1. The van der Waals surface area contributed by atoms with Gasteiger partial charge in [0.05, 0.1) is 23.3 Å². The molecule has 0 fully saturated rings. The summed E-state index contributed by atoms with van der Waals surface area (Å²) in [5, 5.41) is 1.80. The van der Waals surface area contributed by atoms with Crippen molar-refractivity contribution in [2.75, 3.05) is 12.8 Å². The fourth-order valence-electron chi connectivity index (χ4n) is 1.58. The summed E-state index contributed by atoms with van der Waals surface area (Å²) >= 11 is 1.41. The first-order valence-corrected chi connectivity index (χ1v) is 6.30. The Hall–Kier alpha value is -2.02. The van der Waals surface area contributed by atoms with Crippen molar-refractivity contribution in [3.05, 3.63) is 45.9 Å². The summed E-state index contributed by atoms with van der Waals surface area (Å²) < 4.78 is 26.1. The van der Waals surface area contributed by atoms with Crippen LogP contribution in [0.4, 0.5) is 14.5 Å². The second kappa shape index (κ2) is 5.31. The lowest BCUT2D eigenvalue weighted by molar-refractivity contribution is 0.0784. The number of amides is 1. The van der Waals surface area contributed by atoms with Crippen molar-refractivity contribution < 1.29 is 13.6 Å². The van der Waals surface area contributed by atoms with E-state index >= 15 is 0 Å². The molecule has 1 aromatic carbocycles. The highest BCUT2D eigenvalue weighted by molar-refractivity contribution is 7.07. The molecule has 2 rings (SSSR count). The van der Waals surface area contributed by atoms with Gasteiger partial charge in [-0.15, -0.1) is 11.3 Å². The monoisotopic (exact) mass is 283 g/mol. The quantitative estimate of drug-likeness (QED) is 0.879. The van der Waals surface area contributed by atoms with Crippen molar-refractivity contribution in [1.29, 1.82) is 0 Å². The average molecular weight is 283 g/mol. The van der Waals surface area contributed by atoms with Gasteiger partial charge < -0.3 is 10.6 Å². The van der Waals surface area contributed by atoms with E-state index in [2.05, 4.69) is 4.98 Å². The summed E-state index contributed by atoms with van der Waals surface area (Å²) in [6.07, 6.45) is 0. The maximum Gasteiger partial charge on any atom is 0.256 e. The lowest BCUT2D eigenvalue weighted by Gasteiger charge is -2.17. The summed E-state index contributed by atoms with van der Waals surface area (Å²) in [5.74, 6) is -2.65. The summed E-state index contributed by atoms with van der Waals surface area (Å²) in [7, 11) is 1.54. The largest absolute Gasteiger partial charge is 0.398 e. The third-order valence-electron chi connectivity index (χ3n) is 2.55. The first-order chi connectivity index (χ1) is 8.99. The molecule has 0 saturated carbocycles. The highest BCUT2D eigenvalue weighted by atomic mass is 32.1. The van der Waals surface area contributed by atoms with E-state index in [4.69, 9.17) is 5.73 Å². The molecule has 100 valence electrons. The Kier molecular flexibility index (Phi) is 3.75. The summed E-state index contributed by atoms with van der Waals surface area (Å²) in [5.41, 5.74) is 7.76. The Labute approximate surface area is 112 Å². The number of nitrogens with zero attached hydrogens (tertiary/aromatic N) is 2. The number of halogens is 2. The van der Waals surface area contributed by atoms with Gasteiger partial charge in [-0.05, 0) is 6.07 Å². The molecule has 0 saturated heterocycles. The molecule has 0 unspecified atom stereocenters. The van der Waals surface area contributed by atoms with E-state index in [9.17, 15) is 13.6 Å². The van der Waals surface area contributed by atoms with Crippen LogP contribution in [0.25, 0.3) is 0 Å². The van der Waals surface area contributed by atoms with Gasteiger partial charge in [0.2, 0.25) is 0 Å². The molecule has 1 amide bonds. The topological polar surface area (TPSA) is 59.2 Å². The number of carbonyl (C=O) groups excluding carboxylic acids is 1. The Balaban J connectivity index is 2.21. The summed E-state index contributed by atoms with van der Waals surface area (Å²) in [6, 6.07) is 1.61. The lowest BCUT2D eigenvalue weighted by Crippen LogP contribution is -2.27. The Morgan fingerprint density at radius 3 is 2.74 bits per heavy atom. The minimum absolute atomic E-state index is 0.0587. The highest BCUT2D eigenvalue weighted by Crippen LogP contribution is 2.19. The number of anilines is 1. The fraction of sp³-hybridized carbons (Fsp3) is 0.167. The molecule has 0 bridgehead atoms. The van der Waals surface area contributed by atoms with Crippen molar-refractivity contribution in [1.82, 2.24) is 9.88 Å². The Bertz CT molecular complexity index is 601. The van der Waals surface area contributed by atoms with Crippen LogP contribution in [0.3, 0.4) is 0 Å². The molecule has 0 radical (unpaired) electrons. The molecule has 0 aliphatic heterocycles. The van der Waals surface area contributed by atoms with Crippen molar-refractivity contribution in [2.24, 2.45) is 0 Å². The van der Waals surface area contributed by atoms with Gasteiger partial charge in [-0.25, -0.2) is 13.8 Å². The molecule has 0 aliphatic rings. The van der Waals surface area contributed by atoms with Gasteiger partial charge in [0.15, 0.2) is 11.6 Å². The molecule has 0 aliphatic carbocycles. The maximum absolute atomic E-state index is 13.1. The van der Waals surface area contributed by atoms with Crippen molar-refractivity contribution in [3.8, 4) is 0 Å². The summed E-state index contributed by atoms with van der Waals surface area (Å²) in [6.45, 7) is 0.279. The first kappa shape index (κ1) is 13.4. The number of nitrogen functional groups attached to an aromatic ring is 1. The third kappa shape index (κ3) is 2.87. The van der Waals surface area contributed by atoms with Gasteiger partial charge in [0.1, 0.15) is 0 Å². The molecule has 1 aromatic heterocycles. The van der Waals surface area contributed by atoms with Crippen molar-refractivity contribution in [2.45, 2.75) is 6.54 Å². The molecular formula is C12H11F2N3OS. The SMILES string of the molecule is CN(Cc1cscn1)C(=O)c1cc(F)c(F)cc1N. The summed E-state index contributed by atoms with van der Waals surface area (Å²) in [4.78, 5) is 17.5. The molecule has 7 heteroatoms. The van der Waals surface area contributed by atoms with Crippen LogP contribution in [0.2, 0.25) is 0 Å². The Morgan fingerprint density at radius 1 is 1.42 bits per heavy atom. The molecule has 0 atom stereocenters. The van der Waals surface area contributed by atoms with E-state index in [0.29, 0.717) is 0 Å². The van der Waals surface area contributed by atoms with Crippen LogP contribution in [-0.2, 0) is 6.54 Å². The number of hydrogen-bond acceptors (Lipinski definition) is 4. The van der Waals surface area contributed by atoms with Crippen molar-refractivity contribution in [3.63, 3.8) is 0 Å². The molecule has 19 heavy (non-hydrogen) atoms. The van der Waals surface area contributed by atoms with Gasteiger partial charge in [-0.2, -0.15) is 0 Å². The van der Waals surface area contributed by atoms with Gasteiger partial charge in [0.25, 0.3) is 5.91 Å². The van der Waals surface area contributed by atoms with Gasteiger partial charge >= 0.3 is 0 Å². The predicted octanol–water partition coefficient (Wildman–Crippen LogP) is 2.28. The fourth-order valence-corrected chi connectivity index (χ4v) is 2.13. The van der Waals surface area contributed by atoms with E-state index in [1.807, 2.05) is 0 Å². The van der Waals surface area contributed by atoms with Crippen LogP contribution in [0.5, 0.6) is 0 Å². The molecule has 4 nitrogen and oxygen atoms in total. The number of benzene rings is 1. The van der Waals surface area contributed by atoms with E-state index in [1.54, 1.807) is 17.9 Å². The van der Waals surface area contributed by atoms with E-state index in [1.165, 1.54) is 16.2 Å². The lowest BCUT2D eigenvalue weighted by atomic mass is 10.1. The molecular weight excluding hydrogens is 272 g/mol. The van der Waals surface area contributed by atoms with Crippen molar-refractivity contribution >= 4 is 22.9 Å². The maximum atomic E-state index is 13.1. The molecule has 2 aromatic rings. The predicted molar refractivity (Wildman–Crippen MR) is 68.7 cm³/mol. The second-order valence-electron chi connectivity index (χ2n) is 3.99. The highest BCUT2D eigenvalue weighted by Gasteiger charge is 2.18. The Morgan fingerprint density at radius 2 is 2.11 bits per heavy atom.